The fourth-order valence-corrected chi connectivity index (χ4v) is 2.52. The van der Waals surface area contributed by atoms with E-state index in [9.17, 15) is 19.3 Å². The van der Waals surface area contributed by atoms with Crippen LogP contribution >= 0.6 is 0 Å². The molecule has 0 saturated heterocycles. The van der Waals surface area contributed by atoms with Gasteiger partial charge in [0.1, 0.15) is 5.82 Å². The molecule has 0 aliphatic heterocycles. The summed E-state index contributed by atoms with van der Waals surface area (Å²) < 4.78 is 13.6. The Bertz CT molecular complexity index is 513. The summed E-state index contributed by atoms with van der Waals surface area (Å²) in [6.45, 7) is 0.501. The molecule has 1 amide bonds. The molecule has 20 heavy (non-hydrogen) atoms. The minimum Gasteiger partial charge on any atom is -0.352 e. The summed E-state index contributed by atoms with van der Waals surface area (Å²) in [6, 6.07) is 2.98. The summed E-state index contributed by atoms with van der Waals surface area (Å²) >= 11 is 0. The maximum atomic E-state index is 13.6. The van der Waals surface area contributed by atoms with Gasteiger partial charge < -0.3 is 5.32 Å². The van der Waals surface area contributed by atoms with Gasteiger partial charge in [-0.3, -0.25) is 14.9 Å². The number of halogens is 1. The van der Waals surface area contributed by atoms with Gasteiger partial charge in [-0.15, -0.1) is 0 Å². The van der Waals surface area contributed by atoms with Gasteiger partial charge >= 0.3 is 0 Å². The molecule has 1 aromatic rings. The van der Waals surface area contributed by atoms with Crippen molar-refractivity contribution in [2.75, 3.05) is 6.54 Å². The van der Waals surface area contributed by atoms with Crippen LogP contribution < -0.4 is 5.32 Å². The summed E-state index contributed by atoms with van der Waals surface area (Å²) in [4.78, 5) is 21.9. The molecule has 1 saturated carbocycles. The van der Waals surface area contributed by atoms with Crippen LogP contribution in [0.4, 0.5) is 10.1 Å². The highest BCUT2D eigenvalue weighted by Gasteiger charge is 2.19. The first kappa shape index (κ1) is 14.4. The van der Waals surface area contributed by atoms with Crippen molar-refractivity contribution in [2.24, 2.45) is 5.92 Å². The number of nitrogens with one attached hydrogen (secondary N) is 1. The Hall–Kier alpha value is -1.98. The Labute approximate surface area is 116 Å². The first-order chi connectivity index (χ1) is 9.58. The molecule has 1 N–H and O–H groups in total. The second-order valence-corrected chi connectivity index (χ2v) is 5.14. The number of nitrogens with zero attached hydrogens (tertiary/aromatic N) is 1. The third kappa shape index (κ3) is 3.53. The van der Waals surface area contributed by atoms with Gasteiger partial charge in [0.05, 0.1) is 10.5 Å². The molecule has 6 heteroatoms. The molecule has 0 unspecified atom stereocenters. The van der Waals surface area contributed by atoms with E-state index in [-0.39, 0.29) is 11.3 Å². The number of nitro benzene ring substituents is 1. The van der Waals surface area contributed by atoms with E-state index in [1.54, 1.807) is 0 Å². The Balaban J connectivity index is 2.00. The average Bonchev–Trinajstić information content (AvgIpc) is 2.46. The van der Waals surface area contributed by atoms with Crippen molar-refractivity contribution in [1.29, 1.82) is 0 Å². The molecule has 0 spiro atoms. The lowest BCUT2D eigenvalue weighted by Crippen LogP contribution is -2.30. The molecule has 1 fully saturated rings. The molecule has 108 valence electrons. The molecule has 0 atom stereocenters. The SMILES string of the molecule is O=C(NCC1CCCCC1)c1cc([N+](=O)[O-])ccc1F. The van der Waals surface area contributed by atoms with Gasteiger partial charge in [0.15, 0.2) is 0 Å². The van der Waals surface area contributed by atoms with Crippen molar-refractivity contribution in [3.05, 3.63) is 39.7 Å². The normalized spacial score (nSPS) is 15.8. The standard InChI is InChI=1S/C14H17FN2O3/c15-13-7-6-11(17(19)20)8-12(13)14(18)16-9-10-4-2-1-3-5-10/h6-8,10H,1-5,9H2,(H,16,18). The Morgan fingerprint density at radius 1 is 1.35 bits per heavy atom. The van der Waals surface area contributed by atoms with E-state index in [1.807, 2.05) is 0 Å². The Morgan fingerprint density at radius 2 is 2.05 bits per heavy atom. The van der Waals surface area contributed by atoms with Crippen molar-refractivity contribution >= 4 is 11.6 Å². The van der Waals surface area contributed by atoms with Crippen LogP contribution in [0.5, 0.6) is 0 Å². The Kier molecular flexibility index (Phi) is 4.65. The molecule has 0 bridgehead atoms. The third-order valence-corrected chi connectivity index (χ3v) is 3.68. The lowest BCUT2D eigenvalue weighted by Gasteiger charge is -2.21. The quantitative estimate of drug-likeness (QED) is 0.680. The van der Waals surface area contributed by atoms with Crippen molar-refractivity contribution in [3.8, 4) is 0 Å². The minimum absolute atomic E-state index is 0.269. The van der Waals surface area contributed by atoms with Crippen LogP contribution in [0, 0.1) is 21.8 Å². The summed E-state index contributed by atoms with van der Waals surface area (Å²) in [7, 11) is 0. The third-order valence-electron chi connectivity index (χ3n) is 3.68. The smallest absolute Gasteiger partial charge is 0.270 e. The summed E-state index contributed by atoms with van der Waals surface area (Å²) in [5, 5.41) is 13.3. The van der Waals surface area contributed by atoms with Crippen molar-refractivity contribution in [1.82, 2.24) is 5.32 Å². The monoisotopic (exact) mass is 280 g/mol. The number of carbonyl (C=O) groups is 1. The number of amides is 1. The molecule has 0 heterocycles. The highest BCUT2D eigenvalue weighted by molar-refractivity contribution is 5.95. The molecule has 1 aromatic carbocycles. The summed E-state index contributed by atoms with van der Waals surface area (Å²) in [5.41, 5.74) is -0.552. The number of hydrogen-bond acceptors (Lipinski definition) is 3. The van der Waals surface area contributed by atoms with Crippen LogP contribution in [0.25, 0.3) is 0 Å². The van der Waals surface area contributed by atoms with Crippen LogP contribution in [0.3, 0.4) is 0 Å². The minimum atomic E-state index is -0.739. The topological polar surface area (TPSA) is 72.2 Å². The predicted octanol–water partition coefficient (Wildman–Crippen LogP) is 3.04. The van der Waals surface area contributed by atoms with E-state index in [2.05, 4.69) is 5.32 Å². The van der Waals surface area contributed by atoms with Crippen LogP contribution in [0.15, 0.2) is 18.2 Å². The predicted molar refractivity (Wildman–Crippen MR) is 72.0 cm³/mol. The zero-order chi connectivity index (χ0) is 14.5. The van der Waals surface area contributed by atoms with Crippen LogP contribution in [0.2, 0.25) is 0 Å². The van der Waals surface area contributed by atoms with E-state index in [0.29, 0.717) is 12.5 Å². The van der Waals surface area contributed by atoms with Crippen molar-refractivity contribution < 1.29 is 14.1 Å². The van der Waals surface area contributed by atoms with E-state index in [4.69, 9.17) is 0 Å². The average molecular weight is 280 g/mol. The maximum absolute atomic E-state index is 13.6. The first-order valence-corrected chi connectivity index (χ1v) is 6.80. The van der Waals surface area contributed by atoms with Crippen LogP contribution in [-0.2, 0) is 0 Å². The molecule has 1 aliphatic carbocycles. The van der Waals surface area contributed by atoms with Gasteiger partial charge in [-0.1, -0.05) is 19.3 Å². The molecular weight excluding hydrogens is 263 g/mol. The van der Waals surface area contributed by atoms with Crippen LogP contribution in [-0.4, -0.2) is 17.4 Å². The number of benzene rings is 1. The maximum Gasteiger partial charge on any atom is 0.270 e. The van der Waals surface area contributed by atoms with Gasteiger partial charge in [0, 0.05) is 18.7 Å². The lowest BCUT2D eigenvalue weighted by molar-refractivity contribution is -0.384. The van der Waals surface area contributed by atoms with Gasteiger partial charge in [-0.05, 0) is 24.8 Å². The second-order valence-electron chi connectivity index (χ2n) is 5.14. The number of hydrogen-bond donors (Lipinski definition) is 1. The van der Waals surface area contributed by atoms with Gasteiger partial charge in [0.25, 0.3) is 11.6 Å². The largest absolute Gasteiger partial charge is 0.352 e. The zero-order valence-electron chi connectivity index (χ0n) is 11.1. The fourth-order valence-electron chi connectivity index (χ4n) is 2.52. The van der Waals surface area contributed by atoms with E-state index >= 15 is 0 Å². The van der Waals surface area contributed by atoms with Gasteiger partial charge in [0.2, 0.25) is 0 Å². The second kappa shape index (κ2) is 6.45. The van der Waals surface area contributed by atoms with Gasteiger partial charge in [-0.25, -0.2) is 4.39 Å². The Morgan fingerprint density at radius 3 is 2.70 bits per heavy atom. The molecule has 5 nitrogen and oxygen atoms in total. The zero-order valence-corrected chi connectivity index (χ0v) is 11.1. The van der Waals surface area contributed by atoms with Gasteiger partial charge in [-0.2, -0.15) is 0 Å². The summed E-state index contributed by atoms with van der Waals surface area (Å²) in [5.74, 6) is -0.900. The molecule has 0 radical (unpaired) electrons. The highest BCUT2D eigenvalue weighted by atomic mass is 19.1. The van der Waals surface area contributed by atoms with Crippen LogP contribution in [0.1, 0.15) is 42.5 Å². The molecule has 2 rings (SSSR count). The molecular formula is C14H17FN2O3. The fraction of sp³-hybridized carbons (Fsp3) is 0.500. The number of carbonyl (C=O) groups excluding carboxylic acids is 1. The van der Waals surface area contributed by atoms with Crippen molar-refractivity contribution in [2.45, 2.75) is 32.1 Å². The summed E-state index contributed by atoms with van der Waals surface area (Å²) in [6.07, 6.45) is 5.68. The number of nitro groups is 1. The molecule has 1 aliphatic rings. The van der Waals surface area contributed by atoms with Crippen molar-refractivity contribution in [3.63, 3.8) is 0 Å². The van der Waals surface area contributed by atoms with E-state index < -0.39 is 16.6 Å². The highest BCUT2D eigenvalue weighted by Crippen LogP contribution is 2.23. The molecule has 0 aromatic heterocycles. The number of rotatable bonds is 4. The lowest BCUT2D eigenvalue weighted by atomic mass is 9.89. The van der Waals surface area contributed by atoms with E-state index in [0.717, 1.165) is 43.9 Å². The number of non-ortho nitro benzene ring substituents is 1. The van der Waals surface area contributed by atoms with E-state index in [1.165, 1.54) is 6.42 Å². The first-order valence-electron chi connectivity index (χ1n) is 6.80.